The maximum Gasteiger partial charge on any atom is 0.411 e. The first-order chi connectivity index (χ1) is 11.1. The number of amides is 1. The molecule has 0 saturated carbocycles. The second kappa shape index (κ2) is 6.31. The number of nitrogens with two attached hydrogens (primary N) is 1. The summed E-state index contributed by atoms with van der Waals surface area (Å²) in [7, 11) is 0. The van der Waals surface area contributed by atoms with E-state index in [4.69, 9.17) is 10.5 Å². The lowest BCUT2D eigenvalue weighted by Crippen LogP contribution is -2.18. The molecule has 1 aromatic heterocycles. The van der Waals surface area contributed by atoms with E-state index < -0.39 is 11.9 Å². The van der Waals surface area contributed by atoms with E-state index in [9.17, 15) is 9.18 Å². The summed E-state index contributed by atoms with van der Waals surface area (Å²) >= 11 is 0. The van der Waals surface area contributed by atoms with E-state index in [1.165, 1.54) is 16.8 Å². The highest BCUT2D eigenvalue weighted by atomic mass is 19.1. The van der Waals surface area contributed by atoms with E-state index in [1.807, 2.05) is 30.3 Å². The number of halogens is 1. The Labute approximate surface area is 132 Å². The third kappa shape index (κ3) is 3.55. The van der Waals surface area contributed by atoms with Crippen LogP contribution in [0.2, 0.25) is 0 Å². The van der Waals surface area contributed by atoms with Gasteiger partial charge in [-0.2, -0.15) is 5.10 Å². The van der Waals surface area contributed by atoms with Crippen molar-refractivity contribution in [2.45, 2.75) is 6.42 Å². The van der Waals surface area contributed by atoms with Gasteiger partial charge in [0.1, 0.15) is 5.82 Å². The van der Waals surface area contributed by atoms with Crippen LogP contribution in [0.25, 0.3) is 5.69 Å². The SMILES string of the molecule is NC(=O)Oc1cc(Cc2ccccc2)nn1-c1cccc(F)c1. The van der Waals surface area contributed by atoms with Crippen molar-refractivity contribution in [1.82, 2.24) is 9.78 Å². The summed E-state index contributed by atoms with van der Waals surface area (Å²) in [6.07, 6.45) is -0.396. The molecule has 23 heavy (non-hydrogen) atoms. The Balaban J connectivity index is 1.98. The predicted molar refractivity (Wildman–Crippen MR) is 83.0 cm³/mol. The third-order valence-electron chi connectivity index (χ3n) is 3.21. The molecule has 0 radical (unpaired) electrons. The van der Waals surface area contributed by atoms with Gasteiger partial charge in [0.05, 0.1) is 11.4 Å². The monoisotopic (exact) mass is 311 g/mol. The summed E-state index contributed by atoms with van der Waals surface area (Å²) in [5.41, 5.74) is 7.27. The first-order valence-electron chi connectivity index (χ1n) is 6.98. The van der Waals surface area contributed by atoms with Crippen molar-refractivity contribution in [2.75, 3.05) is 0 Å². The summed E-state index contributed by atoms with van der Waals surface area (Å²) in [6, 6.07) is 17.2. The number of carbonyl (C=O) groups excluding carboxylic acids is 1. The normalized spacial score (nSPS) is 10.5. The molecule has 1 amide bonds. The average Bonchev–Trinajstić information content (AvgIpc) is 2.90. The van der Waals surface area contributed by atoms with Crippen LogP contribution in [-0.2, 0) is 6.42 Å². The van der Waals surface area contributed by atoms with Crippen molar-refractivity contribution in [3.63, 3.8) is 0 Å². The largest absolute Gasteiger partial charge is 0.411 e. The number of hydrogen-bond donors (Lipinski definition) is 1. The zero-order valence-electron chi connectivity index (χ0n) is 12.1. The lowest BCUT2D eigenvalue weighted by molar-refractivity contribution is 0.207. The predicted octanol–water partition coefficient (Wildman–Crippen LogP) is 3.06. The standard InChI is InChI=1S/C17H14FN3O2/c18-13-7-4-8-15(10-13)21-16(23-17(19)22)11-14(20-21)9-12-5-2-1-3-6-12/h1-8,10-11H,9H2,(H2,19,22). The second-order valence-corrected chi connectivity index (χ2v) is 4.95. The number of ether oxygens (including phenoxy) is 1. The Morgan fingerprint density at radius 3 is 2.61 bits per heavy atom. The van der Waals surface area contributed by atoms with Gasteiger partial charge in [-0.25, -0.2) is 13.9 Å². The fraction of sp³-hybridized carbons (Fsp3) is 0.0588. The van der Waals surface area contributed by atoms with Crippen LogP contribution >= 0.6 is 0 Å². The molecule has 3 rings (SSSR count). The fourth-order valence-electron chi connectivity index (χ4n) is 2.27. The minimum absolute atomic E-state index is 0.147. The van der Waals surface area contributed by atoms with Crippen molar-refractivity contribution in [2.24, 2.45) is 5.73 Å². The molecule has 6 heteroatoms. The first kappa shape index (κ1) is 14.8. The van der Waals surface area contributed by atoms with E-state index in [0.29, 0.717) is 17.8 Å². The summed E-state index contributed by atoms with van der Waals surface area (Å²) in [6.45, 7) is 0. The third-order valence-corrected chi connectivity index (χ3v) is 3.21. The van der Waals surface area contributed by atoms with Crippen molar-refractivity contribution in [3.8, 4) is 11.6 Å². The molecule has 116 valence electrons. The minimum atomic E-state index is -0.950. The molecule has 0 aliphatic carbocycles. The van der Waals surface area contributed by atoms with Gasteiger partial charge < -0.3 is 10.5 Å². The van der Waals surface area contributed by atoms with E-state index in [1.54, 1.807) is 18.2 Å². The zero-order valence-corrected chi connectivity index (χ0v) is 12.1. The van der Waals surface area contributed by atoms with Crippen LogP contribution in [0.1, 0.15) is 11.3 Å². The molecular formula is C17H14FN3O2. The molecule has 3 aromatic rings. The quantitative estimate of drug-likeness (QED) is 0.805. The Bertz CT molecular complexity index is 831. The summed E-state index contributed by atoms with van der Waals surface area (Å²) in [4.78, 5) is 11.1. The van der Waals surface area contributed by atoms with Crippen LogP contribution in [-0.4, -0.2) is 15.9 Å². The molecule has 0 aliphatic rings. The van der Waals surface area contributed by atoms with Gasteiger partial charge in [0.15, 0.2) is 0 Å². The Morgan fingerprint density at radius 2 is 1.91 bits per heavy atom. The van der Waals surface area contributed by atoms with Crippen molar-refractivity contribution in [3.05, 3.63) is 77.7 Å². The first-order valence-corrected chi connectivity index (χ1v) is 6.98. The number of nitrogens with zero attached hydrogens (tertiary/aromatic N) is 2. The number of rotatable bonds is 4. The van der Waals surface area contributed by atoms with Gasteiger partial charge in [-0.05, 0) is 23.8 Å². The van der Waals surface area contributed by atoms with Crippen LogP contribution < -0.4 is 10.5 Å². The van der Waals surface area contributed by atoms with Gasteiger partial charge in [0.25, 0.3) is 0 Å². The van der Waals surface area contributed by atoms with Crippen molar-refractivity contribution >= 4 is 6.09 Å². The number of aromatic nitrogens is 2. The molecule has 0 bridgehead atoms. The molecule has 0 aliphatic heterocycles. The maximum atomic E-state index is 13.4. The van der Waals surface area contributed by atoms with Crippen LogP contribution in [0.5, 0.6) is 5.88 Å². The number of benzene rings is 2. The van der Waals surface area contributed by atoms with Gasteiger partial charge in [-0.15, -0.1) is 0 Å². The lowest BCUT2D eigenvalue weighted by atomic mass is 10.1. The zero-order chi connectivity index (χ0) is 16.2. The van der Waals surface area contributed by atoms with Crippen LogP contribution in [0.15, 0.2) is 60.7 Å². The molecule has 2 aromatic carbocycles. The number of carbonyl (C=O) groups is 1. The molecule has 0 unspecified atom stereocenters. The lowest BCUT2D eigenvalue weighted by Gasteiger charge is -2.06. The van der Waals surface area contributed by atoms with Gasteiger partial charge >= 0.3 is 6.09 Å². The van der Waals surface area contributed by atoms with Gasteiger partial charge in [-0.3, -0.25) is 0 Å². The summed E-state index contributed by atoms with van der Waals surface area (Å²) in [5, 5.41) is 4.39. The highest BCUT2D eigenvalue weighted by Gasteiger charge is 2.14. The minimum Gasteiger partial charge on any atom is -0.391 e. The average molecular weight is 311 g/mol. The smallest absolute Gasteiger partial charge is 0.391 e. The Hall–Kier alpha value is -3.15. The van der Waals surface area contributed by atoms with Gasteiger partial charge in [0, 0.05) is 12.5 Å². The van der Waals surface area contributed by atoms with E-state index in [0.717, 1.165) is 5.56 Å². The van der Waals surface area contributed by atoms with E-state index in [2.05, 4.69) is 5.10 Å². The molecular weight excluding hydrogens is 297 g/mol. The Kier molecular flexibility index (Phi) is 4.05. The summed E-state index contributed by atoms with van der Waals surface area (Å²) < 4.78 is 19.8. The van der Waals surface area contributed by atoms with Crippen LogP contribution in [0.3, 0.4) is 0 Å². The van der Waals surface area contributed by atoms with Crippen molar-refractivity contribution < 1.29 is 13.9 Å². The molecule has 0 saturated heterocycles. The molecule has 5 nitrogen and oxygen atoms in total. The van der Waals surface area contributed by atoms with E-state index in [-0.39, 0.29) is 5.88 Å². The highest BCUT2D eigenvalue weighted by molar-refractivity contribution is 5.67. The molecule has 2 N–H and O–H groups in total. The van der Waals surface area contributed by atoms with Gasteiger partial charge in [-0.1, -0.05) is 36.4 Å². The van der Waals surface area contributed by atoms with Gasteiger partial charge in [0.2, 0.25) is 5.88 Å². The van der Waals surface area contributed by atoms with Crippen molar-refractivity contribution in [1.29, 1.82) is 0 Å². The number of primary amides is 1. The van der Waals surface area contributed by atoms with E-state index >= 15 is 0 Å². The van der Waals surface area contributed by atoms with Crippen LogP contribution in [0.4, 0.5) is 9.18 Å². The topological polar surface area (TPSA) is 70.1 Å². The second-order valence-electron chi connectivity index (χ2n) is 4.95. The van der Waals surface area contributed by atoms with Crippen LogP contribution in [0, 0.1) is 5.82 Å². The summed E-state index contributed by atoms with van der Waals surface area (Å²) in [5.74, 6) is -0.262. The molecule has 0 fully saturated rings. The Morgan fingerprint density at radius 1 is 1.13 bits per heavy atom. The molecule has 0 spiro atoms. The fourth-order valence-corrected chi connectivity index (χ4v) is 2.27. The molecule has 1 heterocycles. The number of hydrogen-bond acceptors (Lipinski definition) is 3. The maximum absolute atomic E-state index is 13.4. The molecule has 0 atom stereocenters. The highest BCUT2D eigenvalue weighted by Crippen LogP contribution is 2.22.